The van der Waals surface area contributed by atoms with E-state index in [0.29, 0.717) is 12.1 Å². The molecule has 0 heterocycles. The van der Waals surface area contributed by atoms with Crippen LogP contribution in [0.2, 0.25) is 0 Å². The molecule has 0 spiro atoms. The number of carbonyl (C=O) groups excluding carboxylic acids is 1. The predicted molar refractivity (Wildman–Crippen MR) is 81.5 cm³/mol. The summed E-state index contributed by atoms with van der Waals surface area (Å²) in [5.41, 5.74) is 2.31. The van der Waals surface area contributed by atoms with Crippen molar-refractivity contribution in [1.82, 2.24) is 0 Å². The quantitative estimate of drug-likeness (QED) is 0.877. The summed E-state index contributed by atoms with van der Waals surface area (Å²) in [5.74, 6) is 0.0873. The highest BCUT2D eigenvalue weighted by Gasteiger charge is 2.29. The Labute approximate surface area is 123 Å². The number of benzene rings is 2. The van der Waals surface area contributed by atoms with Crippen LogP contribution in [0, 0.1) is 11.7 Å². The van der Waals surface area contributed by atoms with E-state index in [-0.39, 0.29) is 17.6 Å². The van der Waals surface area contributed by atoms with Crippen LogP contribution in [0.5, 0.6) is 0 Å². The first-order chi connectivity index (χ1) is 10.2. The van der Waals surface area contributed by atoms with Gasteiger partial charge in [0, 0.05) is 29.4 Å². The normalized spacial score (nSPS) is 13.8. The Morgan fingerprint density at radius 1 is 1.05 bits per heavy atom. The molecule has 1 aliphatic carbocycles. The average molecular weight is 284 g/mol. The molecule has 2 aromatic rings. The van der Waals surface area contributed by atoms with Gasteiger partial charge in [-0.1, -0.05) is 18.2 Å². The Hall–Kier alpha value is -2.36. The maximum Gasteiger partial charge on any atom is 0.227 e. The Kier molecular flexibility index (Phi) is 3.86. The number of anilines is 2. The molecule has 1 saturated carbocycles. The zero-order valence-corrected chi connectivity index (χ0v) is 11.6. The monoisotopic (exact) mass is 284 g/mol. The van der Waals surface area contributed by atoms with Gasteiger partial charge in [0.05, 0.1) is 0 Å². The summed E-state index contributed by atoms with van der Waals surface area (Å²) in [5, 5.41) is 6.05. The Morgan fingerprint density at radius 3 is 2.38 bits per heavy atom. The first-order valence-electron chi connectivity index (χ1n) is 7.10. The number of amides is 1. The molecule has 0 radical (unpaired) electrons. The fraction of sp³-hybridized carbons (Fsp3) is 0.235. The number of rotatable bonds is 5. The minimum Gasteiger partial charge on any atom is -0.381 e. The lowest BCUT2D eigenvalue weighted by Gasteiger charge is -2.09. The first kappa shape index (κ1) is 13.6. The molecule has 3 nitrogen and oxygen atoms in total. The molecule has 0 aliphatic heterocycles. The van der Waals surface area contributed by atoms with Crippen LogP contribution in [0.15, 0.2) is 48.5 Å². The number of nitrogens with one attached hydrogen (secondary N) is 2. The maximum atomic E-state index is 13.5. The molecule has 108 valence electrons. The third kappa shape index (κ3) is 3.60. The van der Waals surface area contributed by atoms with Crippen LogP contribution in [0.25, 0.3) is 0 Å². The van der Waals surface area contributed by atoms with E-state index < -0.39 is 0 Å². The molecule has 0 atom stereocenters. The van der Waals surface area contributed by atoms with E-state index in [1.165, 1.54) is 6.07 Å². The third-order valence-electron chi connectivity index (χ3n) is 3.54. The summed E-state index contributed by atoms with van der Waals surface area (Å²) >= 11 is 0. The summed E-state index contributed by atoms with van der Waals surface area (Å²) in [7, 11) is 0. The zero-order chi connectivity index (χ0) is 14.7. The summed E-state index contributed by atoms with van der Waals surface area (Å²) < 4.78 is 13.5. The summed E-state index contributed by atoms with van der Waals surface area (Å²) in [6.45, 7) is 0.431. The number of hydrogen-bond donors (Lipinski definition) is 2. The van der Waals surface area contributed by atoms with Crippen molar-refractivity contribution in [3.8, 4) is 0 Å². The molecule has 21 heavy (non-hydrogen) atoms. The van der Waals surface area contributed by atoms with Crippen LogP contribution >= 0.6 is 0 Å². The number of hydrogen-bond acceptors (Lipinski definition) is 2. The topological polar surface area (TPSA) is 41.1 Å². The van der Waals surface area contributed by atoms with Crippen molar-refractivity contribution in [1.29, 1.82) is 0 Å². The highest BCUT2D eigenvalue weighted by molar-refractivity contribution is 5.94. The van der Waals surface area contributed by atoms with E-state index in [0.717, 1.165) is 24.2 Å². The van der Waals surface area contributed by atoms with Crippen LogP contribution < -0.4 is 10.6 Å². The van der Waals surface area contributed by atoms with Crippen LogP contribution in [0.4, 0.5) is 15.8 Å². The lowest BCUT2D eigenvalue weighted by atomic mass is 10.2. The molecule has 0 aromatic heterocycles. The molecule has 2 N–H and O–H groups in total. The standard InChI is InChI=1S/C17H17FN2O/c18-16-4-2-1-3-13(16)11-19-14-7-9-15(10-8-14)20-17(21)12-5-6-12/h1-4,7-10,12,19H,5-6,11H2,(H,20,21). The maximum absolute atomic E-state index is 13.5. The molecule has 0 unspecified atom stereocenters. The van der Waals surface area contributed by atoms with Gasteiger partial charge in [0.2, 0.25) is 5.91 Å². The SMILES string of the molecule is O=C(Nc1ccc(NCc2ccccc2F)cc1)C1CC1. The molecular weight excluding hydrogens is 267 g/mol. The van der Waals surface area contributed by atoms with Crippen molar-refractivity contribution in [2.24, 2.45) is 5.92 Å². The molecule has 1 fully saturated rings. The van der Waals surface area contributed by atoms with Crippen LogP contribution in [-0.2, 0) is 11.3 Å². The van der Waals surface area contributed by atoms with Gasteiger partial charge < -0.3 is 10.6 Å². The summed E-state index contributed by atoms with van der Waals surface area (Å²) in [6.07, 6.45) is 1.99. The molecule has 1 aliphatic rings. The predicted octanol–water partition coefficient (Wildman–Crippen LogP) is 3.79. The lowest BCUT2D eigenvalue weighted by molar-refractivity contribution is -0.117. The van der Waals surface area contributed by atoms with Crippen molar-refractivity contribution in [2.75, 3.05) is 10.6 Å². The van der Waals surface area contributed by atoms with Crippen molar-refractivity contribution in [3.05, 3.63) is 59.9 Å². The highest BCUT2D eigenvalue weighted by atomic mass is 19.1. The van der Waals surface area contributed by atoms with Crippen molar-refractivity contribution < 1.29 is 9.18 Å². The Bertz CT molecular complexity index is 635. The Morgan fingerprint density at radius 2 is 1.71 bits per heavy atom. The number of carbonyl (C=O) groups is 1. The van der Waals surface area contributed by atoms with Gasteiger partial charge in [-0.2, -0.15) is 0 Å². The average Bonchev–Trinajstić information content (AvgIpc) is 3.33. The van der Waals surface area contributed by atoms with E-state index in [4.69, 9.17) is 0 Å². The first-order valence-corrected chi connectivity index (χ1v) is 7.10. The van der Waals surface area contributed by atoms with E-state index in [1.54, 1.807) is 12.1 Å². The summed E-state index contributed by atoms with van der Waals surface area (Å²) in [6, 6.07) is 14.2. The minimum atomic E-state index is -0.210. The fourth-order valence-corrected chi connectivity index (χ4v) is 2.10. The molecule has 2 aromatic carbocycles. The second-order valence-corrected chi connectivity index (χ2v) is 5.29. The molecule has 4 heteroatoms. The van der Waals surface area contributed by atoms with Crippen molar-refractivity contribution in [2.45, 2.75) is 19.4 Å². The third-order valence-corrected chi connectivity index (χ3v) is 3.54. The van der Waals surface area contributed by atoms with E-state index >= 15 is 0 Å². The van der Waals surface area contributed by atoms with Gasteiger partial charge in [-0.15, -0.1) is 0 Å². The molecule has 0 saturated heterocycles. The van der Waals surface area contributed by atoms with Gasteiger partial charge in [0.15, 0.2) is 0 Å². The molecule has 0 bridgehead atoms. The van der Waals surface area contributed by atoms with E-state index in [9.17, 15) is 9.18 Å². The second kappa shape index (κ2) is 5.95. The van der Waals surface area contributed by atoms with Crippen LogP contribution in [-0.4, -0.2) is 5.91 Å². The fourth-order valence-electron chi connectivity index (χ4n) is 2.10. The van der Waals surface area contributed by atoms with E-state index in [2.05, 4.69) is 10.6 Å². The summed E-state index contributed by atoms with van der Waals surface area (Å²) in [4.78, 5) is 11.6. The minimum absolute atomic E-state index is 0.0991. The zero-order valence-electron chi connectivity index (χ0n) is 11.6. The highest BCUT2D eigenvalue weighted by Crippen LogP contribution is 2.30. The molecular formula is C17H17FN2O. The van der Waals surface area contributed by atoms with Crippen LogP contribution in [0.3, 0.4) is 0 Å². The largest absolute Gasteiger partial charge is 0.381 e. The van der Waals surface area contributed by atoms with E-state index in [1.807, 2.05) is 30.3 Å². The van der Waals surface area contributed by atoms with Gasteiger partial charge in [-0.25, -0.2) is 4.39 Å². The number of halogens is 1. The molecule has 3 rings (SSSR count). The van der Waals surface area contributed by atoms with Gasteiger partial charge >= 0.3 is 0 Å². The second-order valence-electron chi connectivity index (χ2n) is 5.29. The van der Waals surface area contributed by atoms with Crippen molar-refractivity contribution in [3.63, 3.8) is 0 Å². The van der Waals surface area contributed by atoms with Crippen molar-refractivity contribution >= 4 is 17.3 Å². The van der Waals surface area contributed by atoms with Gasteiger partial charge in [-0.05, 0) is 43.2 Å². The smallest absolute Gasteiger partial charge is 0.227 e. The van der Waals surface area contributed by atoms with Gasteiger partial charge in [0.1, 0.15) is 5.82 Å². The van der Waals surface area contributed by atoms with Gasteiger partial charge in [-0.3, -0.25) is 4.79 Å². The van der Waals surface area contributed by atoms with Gasteiger partial charge in [0.25, 0.3) is 0 Å². The lowest BCUT2D eigenvalue weighted by Crippen LogP contribution is -2.13. The molecule has 1 amide bonds. The van der Waals surface area contributed by atoms with Crippen LogP contribution in [0.1, 0.15) is 18.4 Å². The Balaban J connectivity index is 1.56.